The number of carboxylic acids is 1. The number of benzene rings is 2. The largest absolute Gasteiger partial charge is 0.477 e. The molecule has 0 aromatic heterocycles. The van der Waals surface area contributed by atoms with E-state index >= 15 is 0 Å². The van der Waals surface area contributed by atoms with E-state index in [1.54, 1.807) is 31.2 Å². The number of aliphatic hydroxyl groups is 2. The predicted octanol–water partition coefficient (Wildman–Crippen LogP) is 1.44. The summed E-state index contributed by atoms with van der Waals surface area (Å²) in [6, 6.07) is 8.25. The first-order valence-corrected chi connectivity index (χ1v) is 12.2. The number of anilines is 1. The normalized spacial score (nSPS) is 26.5. The third kappa shape index (κ3) is 2.50. The van der Waals surface area contributed by atoms with Crippen LogP contribution in [0.2, 0.25) is 0 Å². The van der Waals surface area contributed by atoms with Gasteiger partial charge in [-0.1, -0.05) is 23.9 Å². The summed E-state index contributed by atoms with van der Waals surface area (Å²) in [7, 11) is -4.01. The molecule has 3 N–H and O–H groups in total. The van der Waals surface area contributed by atoms with Gasteiger partial charge < -0.3 is 15.3 Å². The lowest BCUT2D eigenvalue weighted by Gasteiger charge is -2.52. The molecule has 0 unspecified atom stereocenters. The van der Waals surface area contributed by atoms with Crippen molar-refractivity contribution < 1.29 is 33.3 Å². The van der Waals surface area contributed by atoms with Crippen LogP contribution in [-0.4, -0.2) is 58.5 Å². The van der Waals surface area contributed by atoms with Gasteiger partial charge in [-0.25, -0.2) is 13.2 Å². The molecule has 0 spiro atoms. The van der Waals surface area contributed by atoms with Gasteiger partial charge in [0, 0.05) is 10.3 Å². The average Bonchev–Trinajstić information content (AvgIpc) is 3.21. The van der Waals surface area contributed by atoms with Crippen molar-refractivity contribution in [2.75, 3.05) is 10.8 Å². The van der Waals surface area contributed by atoms with Crippen molar-refractivity contribution in [3.05, 3.63) is 46.5 Å². The Hall–Kier alpha value is -2.60. The molecule has 1 saturated heterocycles. The molecule has 168 valence electrons. The highest BCUT2D eigenvalue weighted by molar-refractivity contribution is 8.04. The molecule has 0 bridgehead atoms. The van der Waals surface area contributed by atoms with Gasteiger partial charge in [0.2, 0.25) is 5.91 Å². The van der Waals surface area contributed by atoms with Crippen molar-refractivity contribution >= 4 is 50.1 Å². The average molecular weight is 477 g/mol. The number of amides is 1. The Morgan fingerprint density at radius 2 is 2.03 bits per heavy atom. The van der Waals surface area contributed by atoms with Crippen molar-refractivity contribution in [3.63, 3.8) is 0 Å². The third-order valence-electron chi connectivity index (χ3n) is 6.54. The SMILES string of the molecule is C[C@@H](O)[C@@]1(C)C(=O)N2C(C(=O)O)=C(CN3c4cccc5cc(CO)cc(c45)S3(=O)=O)S[C@@H]21. The van der Waals surface area contributed by atoms with Crippen molar-refractivity contribution in [1.82, 2.24) is 4.90 Å². The molecule has 3 heterocycles. The number of nitrogens with zero attached hydrogens (tertiary/aromatic N) is 2. The fourth-order valence-corrected chi connectivity index (χ4v) is 8.02. The van der Waals surface area contributed by atoms with Gasteiger partial charge in [0.25, 0.3) is 10.0 Å². The van der Waals surface area contributed by atoms with E-state index in [1.165, 1.54) is 13.0 Å². The van der Waals surface area contributed by atoms with Gasteiger partial charge in [0.1, 0.15) is 16.5 Å². The van der Waals surface area contributed by atoms with Crippen LogP contribution < -0.4 is 4.31 Å². The van der Waals surface area contributed by atoms with Crippen molar-refractivity contribution in [2.45, 2.75) is 36.8 Å². The standard InChI is InChI=1S/C21H20N2O7S2/c1-10(25)21(2)19(28)23-17(18(26)27)14(31-20(21)23)8-22-13-5-3-4-12-6-11(9-24)7-15(16(12)13)32(22,29)30/h3-7,10,20,24-25H,8-9H2,1-2H3,(H,26,27)/t10-,20-,21+/m1/s1. The van der Waals surface area contributed by atoms with Gasteiger partial charge >= 0.3 is 5.97 Å². The molecule has 1 amide bonds. The zero-order chi connectivity index (χ0) is 23.2. The highest BCUT2D eigenvalue weighted by atomic mass is 32.2. The van der Waals surface area contributed by atoms with Crippen molar-refractivity contribution in [3.8, 4) is 0 Å². The summed E-state index contributed by atoms with van der Waals surface area (Å²) in [6.45, 7) is 2.49. The van der Waals surface area contributed by atoms with Gasteiger partial charge in [-0.05, 0) is 43.0 Å². The third-order valence-corrected chi connectivity index (χ3v) is 9.86. The highest BCUT2D eigenvalue weighted by Crippen LogP contribution is 2.57. The minimum absolute atomic E-state index is 0.0586. The Balaban J connectivity index is 1.60. The minimum atomic E-state index is -4.01. The van der Waals surface area contributed by atoms with Crippen LogP contribution in [0.25, 0.3) is 10.8 Å². The number of fused-ring (bicyclic) bond motifs is 1. The van der Waals surface area contributed by atoms with Crippen molar-refractivity contribution in [2.24, 2.45) is 5.41 Å². The van der Waals surface area contributed by atoms with Crippen LogP contribution in [0.4, 0.5) is 5.69 Å². The fourth-order valence-electron chi connectivity index (χ4n) is 4.59. The van der Waals surface area contributed by atoms with E-state index in [0.29, 0.717) is 22.0 Å². The second kappa shape index (κ2) is 6.70. The summed E-state index contributed by atoms with van der Waals surface area (Å²) in [5.41, 5.74) is -0.537. The first-order chi connectivity index (χ1) is 15.0. The molecule has 1 fully saturated rings. The van der Waals surface area contributed by atoms with Crippen LogP contribution in [0.15, 0.2) is 45.8 Å². The predicted molar refractivity (Wildman–Crippen MR) is 117 cm³/mol. The van der Waals surface area contributed by atoms with E-state index in [1.807, 2.05) is 0 Å². The molecule has 2 aromatic rings. The molecule has 3 aliphatic heterocycles. The summed E-state index contributed by atoms with van der Waals surface area (Å²) in [6.07, 6.45) is -0.997. The summed E-state index contributed by atoms with van der Waals surface area (Å²) >= 11 is 1.10. The van der Waals surface area contributed by atoms with Crippen LogP contribution in [0.3, 0.4) is 0 Å². The number of thioether (sulfide) groups is 1. The summed E-state index contributed by atoms with van der Waals surface area (Å²) in [5.74, 6) is -1.83. The molecule has 11 heteroatoms. The molecule has 0 aliphatic carbocycles. The second-order valence-corrected chi connectivity index (χ2v) is 11.3. The lowest BCUT2D eigenvalue weighted by atomic mass is 9.75. The first kappa shape index (κ1) is 21.3. The van der Waals surface area contributed by atoms with Crippen LogP contribution >= 0.6 is 11.8 Å². The van der Waals surface area contributed by atoms with Gasteiger partial charge in [0.15, 0.2) is 0 Å². The Morgan fingerprint density at radius 1 is 1.31 bits per heavy atom. The van der Waals surface area contributed by atoms with Crippen LogP contribution in [-0.2, 0) is 26.2 Å². The Kier molecular flexibility index (Phi) is 4.45. The van der Waals surface area contributed by atoms with E-state index < -0.39 is 38.8 Å². The highest BCUT2D eigenvalue weighted by Gasteiger charge is 2.66. The number of aliphatic hydroxyl groups excluding tert-OH is 2. The van der Waals surface area contributed by atoms with Gasteiger partial charge in [-0.2, -0.15) is 0 Å². The molecule has 32 heavy (non-hydrogen) atoms. The lowest BCUT2D eigenvalue weighted by molar-refractivity contribution is -0.170. The maximum absolute atomic E-state index is 13.4. The van der Waals surface area contributed by atoms with E-state index in [4.69, 9.17) is 0 Å². The summed E-state index contributed by atoms with van der Waals surface area (Å²) in [4.78, 5) is 26.2. The number of rotatable bonds is 5. The van der Waals surface area contributed by atoms with E-state index in [9.17, 15) is 33.3 Å². The molecule has 5 rings (SSSR count). The molecular weight excluding hydrogens is 456 g/mol. The summed E-state index contributed by atoms with van der Waals surface area (Å²) < 4.78 is 28.0. The number of β-lactam (4-membered cyclic amide) rings is 1. The number of carbonyl (C=O) groups is 2. The zero-order valence-corrected chi connectivity index (χ0v) is 18.8. The van der Waals surface area contributed by atoms with Gasteiger partial charge in [0.05, 0.1) is 29.8 Å². The minimum Gasteiger partial charge on any atom is -0.477 e. The van der Waals surface area contributed by atoms with Crippen LogP contribution in [0, 0.1) is 5.41 Å². The Labute approximate surface area is 188 Å². The molecule has 3 atom stereocenters. The van der Waals surface area contributed by atoms with Crippen LogP contribution in [0.1, 0.15) is 19.4 Å². The molecule has 2 aromatic carbocycles. The molecular formula is C21H20N2O7S2. The number of sulfonamides is 1. The maximum atomic E-state index is 13.4. The van der Waals surface area contributed by atoms with E-state index in [-0.39, 0.29) is 28.6 Å². The molecule has 9 nitrogen and oxygen atoms in total. The second-order valence-electron chi connectivity index (χ2n) is 8.32. The topological polar surface area (TPSA) is 135 Å². The fraction of sp³-hybridized carbons (Fsp3) is 0.333. The monoisotopic (exact) mass is 476 g/mol. The first-order valence-electron chi connectivity index (χ1n) is 9.87. The smallest absolute Gasteiger partial charge is 0.353 e. The lowest BCUT2D eigenvalue weighted by Crippen LogP contribution is -2.68. The van der Waals surface area contributed by atoms with E-state index in [2.05, 4.69) is 0 Å². The molecule has 0 radical (unpaired) electrons. The van der Waals surface area contributed by atoms with Crippen LogP contribution in [0.5, 0.6) is 0 Å². The van der Waals surface area contributed by atoms with Gasteiger partial charge in [-0.3, -0.25) is 14.0 Å². The Bertz CT molecular complexity index is 1350. The number of carbonyl (C=O) groups excluding carboxylic acids is 1. The molecule has 3 aliphatic rings. The Morgan fingerprint density at radius 3 is 2.66 bits per heavy atom. The molecule has 0 saturated carbocycles. The number of carboxylic acid groups (broad SMARTS) is 1. The number of hydrogen-bond acceptors (Lipinski definition) is 7. The zero-order valence-electron chi connectivity index (χ0n) is 17.1. The van der Waals surface area contributed by atoms with E-state index in [0.717, 1.165) is 21.0 Å². The van der Waals surface area contributed by atoms with Gasteiger partial charge in [-0.15, -0.1) is 0 Å². The quantitative estimate of drug-likeness (QED) is 0.552. The van der Waals surface area contributed by atoms with Crippen molar-refractivity contribution in [1.29, 1.82) is 0 Å². The maximum Gasteiger partial charge on any atom is 0.353 e. The summed E-state index contributed by atoms with van der Waals surface area (Å²) in [5, 5.41) is 30.0. The number of hydrogen-bond donors (Lipinski definition) is 3. The number of aliphatic carboxylic acids is 1.